The molecule has 2 heterocycles. The van der Waals surface area contributed by atoms with Crippen molar-refractivity contribution in [2.24, 2.45) is 11.8 Å². The summed E-state index contributed by atoms with van der Waals surface area (Å²) in [7, 11) is -4.22. The summed E-state index contributed by atoms with van der Waals surface area (Å²) in [5.74, 6) is 5.67. The second kappa shape index (κ2) is 10.5. The van der Waals surface area contributed by atoms with Crippen LogP contribution in [0, 0.1) is 35.0 Å². The summed E-state index contributed by atoms with van der Waals surface area (Å²) in [6.45, 7) is -0.417. The SMILES string of the molecule is N#Cc1cccc(S(=O)(=O)N2CC(Cn3c(O)coc3=O)Oc3ccc(NC(O)OC4CC5C#CC4CC5)cc32)c1. The first-order valence-electron chi connectivity index (χ1n) is 13.0. The third-order valence-electron chi connectivity index (χ3n) is 7.45. The van der Waals surface area contributed by atoms with Gasteiger partial charge in [0.1, 0.15) is 11.9 Å². The summed E-state index contributed by atoms with van der Waals surface area (Å²) >= 11 is 0. The Kier molecular flexibility index (Phi) is 6.87. The molecule has 5 atom stereocenters. The average Bonchev–Trinajstić information content (AvgIpc) is 3.29. The number of nitriles is 1. The number of sulfonamides is 1. The molecule has 2 bridgehead atoms. The standard InChI is InChI=1S/C28H26N4O8S/c29-13-18-2-1-3-22(10-18)41(36,37)32-15-21(14-31-26(33)16-38-28(31)35)39-24-9-8-20(12-23(24)32)30-27(34)40-25-11-17-4-6-19(25)7-5-17/h1-3,8-10,12,16-17,19,21,25,27,30,33-34H,4,6,11,14-15H2. The van der Waals surface area contributed by atoms with Gasteiger partial charge in [-0.1, -0.05) is 17.9 Å². The molecule has 13 heteroatoms. The lowest BCUT2D eigenvalue weighted by molar-refractivity contribution is -0.140. The molecule has 4 aliphatic rings. The van der Waals surface area contributed by atoms with Gasteiger partial charge in [-0.05, 0) is 55.7 Å². The van der Waals surface area contributed by atoms with Gasteiger partial charge in [0.15, 0.2) is 6.26 Å². The molecule has 0 amide bonds. The molecule has 1 aliphatic heterocycles. The first-order chi connectivity index (χ1) is 19.7. The van der Waals surface area contributed by atoms with Gasteiger partial charge in [0, 0.05) is 17.5 Å². The molecule has 212 valence electrons. The lowest BCUT2D eigenvalue weighted by Gasteiger charge is -2.37. The van der Waals surface area contributed by atoms with Crippen LogP contribution in [0.15, 0.2) is 62.8 Å². The number of oxazole rings is 1. The Hall–Kier alpha value is -4.43. The van der Waals surface area contributed by atoms with Crippen molar-refractivity contribution in [2.75, 3.05) is 16.2 Å². The Bertz CT molecular complexity index is 1750. The normalized spacial score (nSPS) is 23.5. The Morgan fingerprint density at radius 3 is 2.76 bits per heavy atom. The van der Waals surface area contributed by atoms with Crippen LogP contribution in [-0.4, -0.2) is 48.4 Å². The Labute approximate surface area is 235 Å². The molecule has 1 aromatic heterocycles. The number of aromatic hydroxyl groups is 1. The molecular formula is C28H26N4O8S. The van der Waals surface area contributed by atoms with Crippen LogP contribution in [0.2, 0.25) is 0 Å². The molecular weight excluding hydrogens is 552 g/mol. The molecule has 0 saturated heterocycles. The molecule has 3 N–H and O–H groups in total. The number of anilines is 2. The zero-order chi connectivity index (χ0) is 28.7. The van der Waals surface area contributed by atoms with Gasteiger partial charge in [-0.15, -0.1) is 0 Å². The van der Waals surface area contributed by atoms with E-state index in [9.17, 15) is 28.7 Å². The molecule has 1 fully saturated rings. The summed E-state index contributed by atoms with van der Waals surface area (Å²) in [5, 5.41) is 32.8. The molecule has 41 heavy (non-hydrogen) atoms. The van der Waals surface area contributed by atoms with E-state index < -0.39 is 34.2 Å². The molecule has 2 aromatic carbocycles. The van der Waals surface area contributed by atoms with Crippen molar-refractivity contribution in [1.29, 1.82) is 5.26 Å². The maximum atomic E-state index is 13.9. The molecule has 0 spiro atoms. The smallest absolute Gasteiger partial charge is 0.421 e. The van der Waals surface area contributed by atoms with Gasteiger partial charge in [0.05, 0.1) is 41.4 Å². The van der Waals surface area contributed by atoms with E-state index in [4.69, 9.17) is 13.9 Å². The van der Waals surface area contributed by atoms with Crippen LogP contribution >= 0.6 is 0 Å². The summed E-state index contributed by atoms with van der Waals surface area (Å²) in [6, 6.07) is 12.2. The van der Waals surface area contributed by atoms with Crippen molar-refractivity contribution in [3.8, 4) is 29.5 Å². The van der Waals surface area contributed by atoms with Gasteiger partial charge in [0.2, 0.25) is 12.3 Å². The van der Waals surface area contributed by atoms with E-state index in [1.54, 1.807) is 6.07 Å². The fraction of sp³-hybridized carbons (Fsp3) is 0.357. The minimum Gasteiger partial charge on any atom is -0.492 e. The number of fused-ring (bicyclic) bond motifs is 3. The van der Waals surface area contributed by atoms with Crippen LogP contribution < -0.4 is 20.1 Å². The molecule has 0 radical (unpaired) electrons. The van der Waals surface area contributed by atoms with Crippen LogP contribution in [0.1, 0.15) is 24.8 Å². The van der Waals surface area contributed by atoms with E-state index in [0.717, 1.165) is 34.4 Å². The summed E-state index contributed by atoms with van der Waals surface area (Å²) in [5.41, 5.74) is 0.718. The Morgan fingerprint density at radius 2 is 2.07 bits per heavy atom. The summed E-state index contributed by atoms with van der Waals surface area (Å²) in [4.78, 5) is 11.9. The fourth-order valence-electron chi connectivity index (χ4n) is 5.42. The van der Waals surface area contributed by atoms with Crippen LogP contribution in [-0.2, 0) is 21.3 Å². The van der Waals surface area contributed by atoms with Gasteiger partial charge < -0.3 is 29.4 Å². The molecule has 12 nitrogen and oxygen atoms in total. The number of hydrogen-bond acceptors (Lipinski definition) is 10. The second-order valence-electron chi connectivity index (χ2n) is 10.1. The number of benzene rings is 2. The average molecular weight is 579 g/mol. The zero-order valence-electron chi connectivity index (χ0n) is 21.6. The van der Waals surface area contributed by atoms with Gasteiger partial charge in [0.25, 0.3) is 10.0 Å². The third-order valence-corrected chi connectivity index (χ3v) is 9.22. The number of ether oxygens (including phenoxy) is 2. The molecule has 3 aliphatic carbocycles. The minimum atomic E-state index is -4.22. The highest BCUT2D eigenvalue weighted by Crippen LogP contribution is 2.40. The number of aliphatic hydroxyl groups excluding tert-OH is 1. The number of nitrogens with one attached hydrogen (secondary N) is 1. The lowest BCUT2D eigenvalue weighted by Crippen LogP contribution is -2.46. The Morgan fingerprint density at radius 1 is 1.22 bits per heavy atom. The lowest BCUT2D eigenvalue weighted by atomic mass is 9.76. The molecule has 7 rings (SSSR count). The molecule has 1 saturated carbocycles. The van der Waals surface area contributed by atoms with Crippen molar-refractivity contribution in [3.63, 3.8) is 0 Å². The van der Waals surface area contributed by atoms with Crippen LogP contribution in [0.4, 0.5) is 11.4 Å². The second-order valence-corrected chi connectivity index (χ2v) is 12.0. The highest BCUT2D eigenvalue weighted by molar-refractivity contribution is 7.92. The van der Waals surface area contributed by atoms with Crippen molar-refractivity contribution in [1.82, 2.24) is 4.57 Å². The van der Waals surface area contributed by atoms with E-state index in [0.29, 0.717) is 5.69 Å². The first kappa shape index (κ1) is 26.8. The van der Waals surface area contributed by atoms with Crippen LogP contribution in [0.25, 0.3) is 0 Å². The zero-order valence-corrected chi connectivity index (χ0v) is 22.5. The number of nitrogens with zero attached hydrogens (tertiary/aromatic N) is 3. The van der Waals surface area contributed by atoms with Crippen molar-refractivity contribution in [3.05, 3.63) is 64.8 Å². The highest BCUT2D eigenvalue weighted by Gasteiger charge is 2.37. The van der Waals surface area contributed by atoms with E-state index in [2.05, 4.69) is 17.2 Å². The first-order valence-corrected chi connectivity index (χ1v) is 14.5. The molecule has 3 aromatic rings. The maximum Gasteiger partial charge on any atom is 0.421 e. The predicted octanol–water partition coefficient (Wildman–Crippen LogP) is 2.18. The largest absolute Gasteiger partial charge is 0.492 e. The number of aromatic nitrogens is 1. The fourth-order valence-corrected chi connectivity index (χ4v) is 6.96. The molecule has 5 unspecified atom stereocenters. The van der Waals surface area contributed by atoms with Crippen LogP contribution in [0.3, 0.4) is 0 Å². The summed E-state index contributed by atoms with van der Waals surface area (Å²) < 4.78 is 46.4. The monoisotopic (exact) mass is 578 g/mol. The van der Waals surface area contributed by atoms with Crippen molar-refractivity contribution in [2.45, 2.75) is 49.3 Å². The van der Waals surface area contributed by atoms with E-state index in [1.807, 2.05) is 6.07 Å². The van der Waals surface area contributed by atoms with E-state index in [1.165, 1.54) is 36.4 Å². The minimum absolute atomic E-state index is 0.0669. The third kappa shape index (κ3) is 5.23. The van der Waals surface area contributed by atoms with E-state index >= 15 is 0 Å². The maximum absolute atomic E-state index is 13.9. The van der Waals surface area contributed by atoms with Gasteiger partial charge >= 0.3 is 5.76 Å². The van der Waals surface area contributed by atoms with Gasteiger partial charge in [-0.2, -0.15) is 5.26 Å². The van der Waals surface area contributed by atoms with Crippen molar-refractivity contribution < 1.29 is 32.5 Å². The van der Waals surface area contributed by atoms with Gasteiger partial charge in [-0.25, -0.2) is 17.8 Å². The van der Waals surface area contributed by atoms with E-state index in [-0.39, 0.29) is 52.9 Å². The number of aliphatic hydroxyl groups is 1. The van der Waals surface area contributed by atoms with Crippen molar-refractivity contribution >= 4 is 21.4 Å². The van der Waals surface area contributed by atoms with Gasteiger partial charge in [-0.3, -0.25) is 4.31 Å². The summed E-state index contributed by atoms with van der Waals surface area (Å²) in [6.07, 6.45) is 1.15. The quantitative estimate of drug-likeness (QED) is 0.266. The van der Waals surface area contributed by atoms with Crippen LogP contribution in [0.5, 0.6) is 11.6 Å². The number of hydrogen-bond donors (Lipinski definition) is 3. The predicted molar refractivity (Wildman–Crippen MR) is 144 cm³/mol. The number of rotatable bonds is 8. The highest BCUT2D eigenvalue weighted by atomic mass is 32.2. The Balaban J connectivity index is 1.30. The topological polar surface area (TPSA) is 167 Å².